The molecule has 112 valence electrons. The van der Waals surface area contributed by atoms with E-state index < -0.39 is 0 Å². The molecule has 6 heteroatoms. The first-order valence-corrected chi connectivity index (χ1v) is 7.36. The largest absolute Gasteiger partial charge is 0.494 e. The van der Waals surface area contributed by atoms with E-state index in [9.17, 15) is 4.79 Å². The van der Waals surface area contributed by atoms with Crippen LogP contribution in [0, 0.1) is 0 Å². The molecule has 1 heterocycles. The maximum atomic E-state index is 11.9. The number of benzene rings is 1. The minimum atomic E-state index is 0. The van der Waals surface area contributed by atoms with Crippen LogP contribution in [0.25, 0.3) is 0 Å². The lowest BCUT2D eigenvalue weighted by molar-refractivity contribution is -0.130. The molecule has 1 saturated heterocycles. The fourth-order valence-corrected chi connectivity index (χ4v) is 2.38. The lowest BCUT2D eigenvalue weighted by atomic mass is 10.3. The van der Waals surface area contributed by atoms with Gasteiger partial charge in [0.25, 0.3) is 0 Å². The number of halogens is 2. The number of nitrogens with zero attached hydrogens (tertiary/aromatic N) is 1. The second kappa shape index (κ2) is 8.49. The Labute approximate surface area is 134 Å². The first-order chi connectivity index (χ1) is 9.15. The minimum absolute atomic E-state index is 0. The van der Waals surface area contributed by atoms with Gasteiger partial charge in [-0.15, -0.1) is 12.4 Å². The van der Waals surface area contributed by atoms with E-state index in [-0.39, 0.29) is 24.4 Å². The maximum absolute atomic E-state index is 11.9. The van der Waals surface area contributed by atoms with Crippen molar-refractivity contribution >= 4 is 34.2 Å². The average Bonchev–Trinajstić information content (AvgIpc) is 2.83. The first kappa shape index (κ1) is 17.3. The summed E-state index contributed by atoms with van der Waals surface area (Å²) in [4.78, 5) is 13.7. The van der Waals surface area contributed by atoms with Crippen LogP contribution in [-0.2, 0) is 4.79 Å². The molecule has 1 fully saturated rings. The van der Waals surface area contributed by atoms with Crippen molar-refractivity contribution in [3.8, 4) is 5.75 Å². The number of rotatable bonds is 5. The van der Waals surface area contributed by atoms with Gasteiger partial charge in [0.05, 0.1) is 6.61 Å². The summed E-state index contributed by atoms with van der Waals surface area (Å²) in [5.74, 6) is 1.02. The van der Waals surface area contributed by atoms with E-state index in [4.69, 9.17) is 10.5 Å². The lowest BCUT2D eigenvalue weighted by Gasteiger charge is -2.15. The third-order valence-electron chi connectivity index (χ3n) is 3.19. The number of hydrogen-bond donors (Lipinski definition) is 1. The molecule has 1 aliphatic heterocycles. The van der Waals surface area contributed by atoms with Gasteiger partial charge in [-0.1, -0.05) is 15.9 Å². The molecule has 0 aromatic heterocycles. The molecular weight excluding hydrogens is 344 g/mol. The number of carbonyl (C=O) groups excluding carboxylic acids is 1. The van der Waals surface area contributed by atoms with Gasteiger partial charge in [-0.3, -0.25) is 4.79 Å². The van der Waals surface area contributed by atoms with Crippen molar-refractivity contribution in [2.45, 2.75) is 25.3 Å². The average molecular weight is 364 g/mol. The number of amides is 1. The molecule has 0 bridgehead atoms. The molecule has 1 unspecified atom stereocenters. The second-order valence-corrected chi connectivity index (χ2v) is 5.71. The summed E-state index contributed by atoms with van der Waals surface area (Å²) in [6, 6.07) is 7.85. The summed E-state index contributed by atoms with van der Waals surface area (Å²) in [7, 11) is 0. The zero-order chi connectivity index (χ0) is 13.7. The van der Waals surface area contributed by atoms with Crippen LogP contribution < -0.4 is 10.5 Å². The molecular formula is C14H20BrClN2O2. The number of carbonyl (C=O) groups is 1. The third-order valence-corrected chi connectivity index (χ3v) is 3.72. The van der Waals surface area contributed by atoms with Gasteiger partial charge in [0, 0.05) is 30.0 Å². The van der Waals surface area contributed by atoms with Crippen LogP contribution in [0.15, 0.2) is 28.7 Å². The second-order valence-electron chi connectivity index (χ2n) is 4.79. The highest BCUT2D eigenvalue weighted by atomic mass is 79.9. The van der Waals surface area contributed by atoms with Crippen LogP contribution in [0.3, 0.4) is 0 Å². The molecule has 20 heavy (non-hydrogen) atoms. The Morgan fingerprint density at radius 1 is 1.40 bits per heavy atom. The number of likely N-dealkylation sites (tertiary alicyclic amines) is 1. The molecule has 2 N–H and O–H groups in total. The summed E-state index contributed by atoms with van der Waals surface area (Å²) in [5, 5.41) is 0. The molecule has 1 amide bonds. The Bertz CT molecular complexity index is 428. The molecule has 0 radical (unpaired) electrons. The van der Waals surface area contributed by atoms with Gasteiger partial charge in [0.15, 0.2) is 0 Å². The van der Waals surface area contributed by atoms with Gasteiger partial charge in [-0.2, -0.15) is 0 Å². The van der Waals surface area contributed by atoms with Gasteiger partial charge < -0.3 is 15.4 Å². The Balaban J connectivity index is 0.00000200. The molecule has 1 aliphatic rings. The van der Waals surface area contributed by atoms with Gasteiger partial charge in [0.2, 0.25) is 5.91 Å². The molecule has 1 aromatic rings. The predicted octanol–water partition coefficient (Wildman–Crippen LogP) is 2.59. The molecule has 0 spiro atoms. The lowest BCUT2D eigenvalue weighted by Crippen LogP contribution is -2.31. The quantitative estimate of drug-likeness (QED) is 0.818. The first-order valence-electron chi connectivity index (χ1n) is 6.57. The predicted molar refractivity (Wildman–Crippen MR) is 85.3 cm³/mol. The summed E-state index contributed by atoms with van der Waals surface area (Å²) in [5.41, 5.74) is 5.78. The molecule has 0 aliphatic carbocycles. The highest BCUT2D eigenvalue weighted by molar-refractivity contribution is 9.10. The van der Waals surface area contributed by atoms with E-state index in [1.807, 2.05) is 29.2 Å². The molecule has 4 nitrogen and oxygen atoms in total. The summed E-state index contributed by atoms with van der Waals surface area (Å²) < 4.78 is 6.61. The van der Waals surface area contributed by atoms with Crippen LogP contribution in [0.5, 0.6) is 5.75 Å². The summed E-state index contributed by atoms with van der Waals surface area (Å²) in [6.07, 6.45) is 2.19. The van der Waals surface area contributed by atoms with Crippen molar-refractivity contribution < 1.29 is 9.53 Å². The van der Waals surface area contributed by atoms with Crippen molar-refractivity contribution in [3.05, 3.63) is 28.7 Å². The van der Waals surface area contributed by atoms with Gasteiger partial charge in [0.1, 0.15) is 5.75 Å². The highest BCUT2D eigenvalue weighted by Crippen LogP contribution is 2.16. The van der Waals surface area contributed by atoms with Crippen molar-refractivity contribution in [1.82, 2.24) is 4.90 Å². The van der Waals surface area contributed by atoms with Crippen LogP contribution >= 0.6 is 28.3 Å². The van der Waals surface area contributed by atoms with E-state index in [1.165, 1.54) is 0 Å². The fraction of sp³-hybridized carbons (Fsp3) is 0.500. The Hall–Kier alpha value is -0.780. The number of ether oxygens (including phenoxy) is 1. The van der Waals surface area contributed by atoms with E-state index >= 15 is 0 Å². The normalized spacial score (nSPS) is 17.7. The minimum Gasteiger partial charge on any atom is -0.494 e. The summed E-state index contributed by atoms with van der Waals surface area (Å²) in [6.45, 7) is 2.06. The molecule has 0 saturated carbocycles. The number of hydrogen-bond acceptors (Lipinski definition) is 3. The summed E-state index contributed by atoms with van der Waals surface area (Å²) >= 11 is 3.37. The van der Waals surface area contributed by atoms with Crippen molar-refractivity contribution in [2.75, 3.05) is 19.7 Å². The van der Waals surface area contributed by atoms with E-state index in [0.717, 1.165) is 29.6 Å². The Morgan fingerprint density at radius 3 is 2.70 bits per heavy atom. The zero-order valence-corrected chi connectivity index (χ0v) is 13.7. The van der Waals surface area contributed by atoms with E-state index in [2.05, 4.69) is 15.9 Å². The van der Waals surface area contributed by atoms with Crippen molar-refractivity contribution in [2.24, 2.45) is 5.73 Å². The topological polar surface area (TPSA) is 55.6 Å². The van der Waals surface area contributed by atoms with Gasteiger partial charge in [-0.05, 0) is 37.1 Å². The van der Waals surface area contributed by atoms with Crippen LogP contribution in [0.2, 0.25) is 0 Å². The fourth-order valence-electron chi connectivity index (χ4n) is 2.12. The molecule has 2 rings (SSSR count). The standard InChI is InChI=1S/C14H19BrN2O2.ClH/c15-11-3-5-13(6-4-11)19-9-1-2-14(18)17-8-7-12(16)10-17;/h3-6,12H,1-2,7-10,16H2;1H. The van der Waals surface area contributed by atoms with Crippen LogP contribution in [-0.4, -0.2) is 36.5 Å². The SMILES string of the molecule is Cl.NC1CCN(C(=O)CCCOc2ccc(Br)cc2)C1. The van der Waals surface area contributed by atoms with Gasteiger partial charge >= 0.3 is 0 Å². The van der Waals surface area contributed by atoms with E-state index in [0.29, 0.717) is 19.6 Å². The Morgan fingerprint density at radius 2 is 2.10 bits per heavy atom. The smallest absolute Gasteiger partial charge is 0.222 e. The molecule has 1 atom stereocenters. The van der Waals surface area contributed by atoms with Gasteiger partial charge in [-0.25, -0.2) is 0 Å². The molecule has 1 aromatic carbocycles. The monoisotopic (exact) mass is 362 g/mol. The maximum Gasteiger partial charge on any atom is 0.222 e. The van der Waals surface area contributed by atoms with E-state index in [1.54, 1.807) is 0 Å². The van der Waals surface area contributed by atoms with Crippen molar-refractivity contribution in [1.29, 1.82) is 0 Å². The Kier molecular flexibility index (Phi) is 7.34. The van der Waals surface area contributed by atoms with Crippen LogP contribution in [0.4, 0.5) is 0 Å². The highest BCUT2D eigenvalue weighted by Gasteiger charge is 2.22. The van der Waals surface area contributed by atoms with Crippen molar-refractivity contribution in [3.63, 3.8) is 0 Å². The third kappa shape index (κ3) is 5.31. The van der Waals surface area contributed by atoms with Crippen LogP contribution in [0.1, 0.15) is 19.3 Å². The number of nitrogens with two attached hydrogens (primary N) is 1. The zero-order valence-electron chi connectivity index (χ0n) is 11.3.